The third kappa shape index (κ3) is 12.6. The molecule has 222 valence electrons. The van der Waals surface area contributed by atoms with E-state index in [0.29, 0.717) is 12.8 Å². The third-order valence-corrected chi connectivity index (χ3v) is 6.31. The number of nitrogens with zero attached hydrogens (tertiary/aromatic N) is 1. The van der Waals surface area contributed by atoms with Crippen molar-refractivity contribution in [3.05, 3.63) is 35.9 Å². The summed E-state index contributed by atoms with van der Waals surface area (Å²) in [5.74, 6) is -4.36. The number of aliphatic imine (C=N–C) groups is 1. The minimum atomic E-state index is -1.23. The summed E-state index contributed by atoms with van der Waals surface area (Å²) in [6.07, 6.45) is 0.839. The van der Waals surface area contributed by atoms with Gasteiger partial charge in [-0.3, -0.25) is 24.2 Å². The number of hydrogen-bond acceptors (Lipinski definition) is 7. The predicted molar refractivity (Wildman–Crippen MR) is 149 cm³/mol. The number of primary amides is 1. The number of hydrogen-bond donors (Lipinski definition) is 8. The zero-order valence-corrected chi connectivity index (χ0v) is 23.0. The molecule has 0 spiro atoms. The highest BCUT2D eigenvalue weighted by Crippen LogP contribution is 2.11. The Morgan fingerprint density at radius 2 is 1.52 bits per heavy atom. The highest BCUT2D eigenvalue weighted by Gasteiger charge is 2.32. The molecule has 5 atom stereocenters. The lowest BCUT2D eigenvalue weighted by molar-refractivity contribution is -0.142. The van der Waals surface area contributed by atoms with E-state index in [1.165, 1.54) is 0 Å². The first-order valence-electron chi connectivity index (χ1n) is 13.1. The van der Waals surface area contributed by atoms with E-state index in [1.54, 1.807) is 37.3 Å². The normalized spacial score (nSPS) is 14.5. The summed E-state index contributed by atoms with van der Waals surface area (Å²) in [5, 5.41) is 17.4. The molecular weight excluding hydrogens is 520 g/mol. The molecule has 5 unspecified atom stereocenters. The van der Waals surface area contributed by atoms with Gasteiger partial charge in [0.15, 0.2) is 5.96 Å². The molecule has 14 heteroatoms. The molecule has 1 aromatic rings. The molecule has 12 N–H and O–H groups in total. The molecule has 0 saturated heterocycles. The van der Waals surface area contributed by atoms with Gasteiger partial charge < -0.3 is 44.0 Å². The van der Waals surface area contributed by atoms with Crippen LogP contribution in [0.25, 0.3) is 0 Å². The van der Waals surface area contributed by atoms with Crippen LogP contribution in [-0.2, 0) is 30.4 Å². The van der Waals surface area contributed by atoms with E-state index in [9.17, 15) is 29.1 Å². The number of rotatable bonds is 18. The Kier molecular flexibility index (Phi) is 14.7. The topological polar surface area (TPSA) is 258 Å². The van der Waals surface area contributed by atoms with E-state index in [0.717, 1.165) is 5.56 Å². The van der Waals surface area contributed by atoms with E-state index in [-0.39, 0.29) is 44.1 Å². The molecule has 0 saturated carbocycles. The number of nitrogens with two attached hydrogens (primary N) is 4. The van der Waals surface area contributed by atoms with Crippen LogP contribution in [0.4, 0.5) is 0 Å². The quantitative estimate of drug-likeness (QED) is 0.0585. The lowest BCUT2D eigenvalue weighted by atomic mass is 9.96. The number of guanidine groups is 1. The summed E-state index contributed by atoms with van der Waals surface area (Å²) in [7, 11) is 0. The lowest BCUT2D eigenvalue weighted by Crippen LogP contribution is -2.58. The molecule has 40 heavy (non-hydrogen) atoms. The van der Waals surface area contributed by atoms with Gasteiger partial charge in [0, 0.05) is 19.4 Å². The minimum absolute atomic E-state index is 0.0145. The fourth-order valence-electron chi connectivity index (χ4n) is 3.75. The van der Waals surface area contributed by atoms with Gasteiger partial charge in [0.2, 0.25) is 23.6 Å². The first kappa shape index (κ1) is 33.8. The van der Waals surface area contributed by atoms with Crippen molar-refractivity contribution in [3.63, 3.8) is 0 Å². The predicted octanol–water partition coefficient (Wildman–Crippen LogP) is -1.54. The Bertz CT molecular complexity index is 1030. The van der Waals surface area contributed by atoms with Crippen molar-refractivity contribution >= 4 is 35.6 Å². The number of amides is 4. The van der Waals surface area contributed by atoms with Crippen molar-refractivity contribution in [2.45, 2.75) is 76.5 Å². The number of carboxylic acid groups (broad SMARTS) is 1. The van der Waals surface area contributed by atoms with Gasteiger partial charge in [0.25, 0.3) is 0 Å². The van der Waals surface area contributed by atoms with Crippen molar-refractivity contribution in [2.24, 2.45) is 33.8 Å². The second-order valence-corrected chi connectivity index (χ2v) is 9.58. The molecule has 0 aliphatic heterocycles. The van der Waals surface area contributed by atoms with Crippen LogP contribution in [-0.4, -0.2) is 71.4 Å². The SMILES string of the molecule is CCC(C)C(NC(=O)C(CCCN=C(N)N)NC(=O)C(N)CCC(N)=O)C(=O)NC(Cc1ccccc1)C(=O)O. The highest BCUT2D eigenvalue weighted by atomic mass is 16.4. The van der Waals surface area contributed by atoms with E-state index in [2.05, 4.69) is 20.9 Å². The molecule has 0 heterocycles. The molecule has 1 rings (SSSR count). The Morgan fingerprint density at radius 1 is 0.900 bits per heavy atom. The molecule has 1 aromatic carbocycles. The zero-order valence-electron chi connectivity index (χ0n) is 23.0. The van der Waals surface area contributed by atoms with E-state index >= 15 is 0 Å². The molecule has 0 aromatic heterocycles. The van der Waals surface area contributed by atoms with Crippen molar-refractivity contribution in [3.8, 4) is 0 Å². The number of nitrogens with one attached hydrogen (secondary N) is 3. The molecule has 14 nitrogen and oxygen atoms in total. The van der Waals surface area contributed by atoms with Gasteiger partial charge in [0.05, 0.1) is 6.04 Å². The Balaban J connectivity index is 3.06. The first-order valence-corrected chi connectivity index (χ1v) is 13.1. The maximum Gasteiger partial charge on any atom is 0.326 e. The Hall–Kier alpha value is -4.20. The summed E-state index contributed by atoms with van der Waals surface area (Å²) in [4.78, 5) is 66.0. The van der Waals surface area contributed by atoms with Gasteiger partial charge in [-0.2, -0.15) is 0 Å². The van der Waals surface area contributed by atoms with E-state index in [1.807, 2.05) is 6.92 Å². The fraction of sp³-hybridized carbons (Fsp3) is 0.538. The highest BCUT2D eigenvalue weighted by molar-refractivity contribution is 5.94. The zero-order chi connectivity index (χ0) is 30.2. The van der Waals surface area contributed by atoms with E-state index < -0.39 is 53.8 Å². The van der Waals surface area contributed by atoms with Crippen molar-refractivity contribution in [1.29, 1.82) is 0 Å². The van der Waals surface area contributed by atoms with Gasteiger partial charge in [-0.15, -0.1) is 0 Å². The maximum atomic E-state index is 13.3. The smallest absolute Gasteiger partial charge is 0.326 e. The number of carbonyl (C=O) groups excluding carboxylic acids is 4. The number of aliphatic carboxylic acids is 1. The van der Waals surface area contributed by atoms with E-state index in [4.69, 9.17) is 22.9 Å². The van der Waals surface area contributed by atoms with Crippen molar-refractivity contribution < 1.29 is 29.1 Å². The van der Waals surface area contributed by atoms with Crippen LogP contribution in [0.3, 0.4) is 0 Å². The molecule has 0 aliphatic carbocycles. The fourth-order valence-corrected chi connectivity index (χ4v) is 3.75. The maximum absolute atomic E-state index is 13.3. The van der Waals surface area contributed by atoms with Crippen molar-refractivity contribution in [1.82, 2.24) is 16.0 Å². The summed E-state index contributed by atoms with van der Waals surface area (Å²) in [6, 6.07) is 4.30. The number of benzene rings is 1. The molecule has 0 fully saturated rings. The van der Waals surface area contributed by atoms with Crippen LogP contribution < -0.4 is 38.9 Å². The van der Waals surface area contributed by atoms with Gasteiger partial charge >= 0.3 is 5.97 Å². The monoisotopic (exact) mass is 562 g/mol. The Labute approximate surface area is 233 Å². The summed E-state index contributed by atoms with van der Waals surface area (Å²) in [5.41, 5.74) is 22.4. The molecular formula is C26H42N8O6. The molecule has 0 bridgehead atoms. The Morgan fingerprint density at radius 3 is 2.08 bits per heavy atom. The number of carbonyl (C=O) groups is 5. The largest absolute Gasteiger partial charge is 0.480 e. The van der Waals surface area contributed by atoms with Crippen LogP contribution in [0.1, 0.15) is 51.5 Å². The number of carboxylic acids is 1. The van der Waals surface area contributed by atoms with Gasteiger partial charge in [-0.1, -0.05) is 50.6 Å². The molecule has 0 radical (unpaired) electrons. The second-order valence-electron chi connectivity index (χ2n) is 9.58. The standard InChI is InChI=1S/C26H42N8O6/c1-3-15(2)21(24(38)33-19(25(39)40)14-16-8-5-4-6-9-16)34-23(37)18(10-7-13-31-26(29)30)32-22(36)17(27)11-12-20(28)35/h4-6,8-9,15,17-19,21H,3,7,10-14,27H2,1-2H3,(H2,28,35)(H,32,36)(H,33,38)(H,34,37)(H,39,40)(H4,29,30,31). The third-order valence-electron chi connectivity index (χ3n) is 6.31. The van der Waals surface area contributed by atoms with Crippen LogP contribution in [0.2, 0.25) is 0 Å². The van der Waals surface area contributed by atoms with Crippen LogP contribution in [0, 0.1) is 5.92 Å². The van der Waals surface area contributed by atoms with Crippen LogP contribution in [0.15, 0.2) is 35.3 Å². The molecule has 0 aliphatic rings. The van der Waals surface area contributed by atoms with Gasteiger partial charge in [0.1, 0.15) is 18.1 Å². The average Bonchev–Trinajstić information content (AvgIpc) is 2.91. The summed E-state index contributed by atoms with van der Waals surface area (Å²) >= 11 is 0. The van der Waals surface area contributed by atoms with Gasteiger partial charge in [-0.05, 0) is 30.7 Å². The van der Waals surface area contributed by atoms with Gasteiger partial charge in [-0.25, -0.2) is 4.79 Å². The second kappa shape index (κ2) is 17.4. The lowest BCUT2D eigenvalue weighted by Gasteiger charge is -2.28. The summed E-state index contributed by atoms with van der Waals surface area (Å²) in [6.45, 7) is 3.75. The molecule has 4 amide bonds. The minimum Gasteiger partial charge on any atom is -0.480 e. The van der Waals surface area contributed by atoms with Crippen LogP contribution >= 0.6 is 0 Å². The first-order chi connectivity index (χ1) is 18.8. The van der Waals surface area contributed by atoms with Crippen LogP contribution in [0.5, 0.6) is 0 Å². The van der Waals surface area contributed by atoms with Crippen molar-refractivity contribution in [2.75, 3.05) is 6.54 Å². The average molecular weight is 563 g/mol. The summed E-state index contributed by atoms with van der Waals surface area (Å²) < 4.78 is 0.